The highest BCUT2D eigenvalue weighted by Gasteiger charge is 2.20. The minimum atomic E-state index is -0.786. The number of nitrogens with one attached hydrogen (secondary N) is 2. The molecule has 1 amide bonds. The summed E-state index contributed by atoms with van der Waals surface area (Å²) < 4.78 is 0. The van der Waals surface area contributed by atoms with Crippen LogP contribution < -0.4 is 5.32 Å². The number of aromatic amines is 1. The number of nitro benzene ring substituents is 2. The lowest BCUT2D eigenvalue weighted by Crippen LogP contribution is -2.12. The van der Waals surface area contributed by atoms with Crippen LogP contribution in [-0.4, -0.2) is 25.7 Å². The number of para-hydroxylation sites is 2. The number of amides is 1. The molecule has 0 bridgehead atoms. The molecule has 0 aliphatic rings. The van der Waals surface area contributed by atoms with E-state index in [4.69, 9.17) is 0 Å². The number of anilines is 1. The van der Waals surface area contributed by atoms with E-state index in [9.17, 15) is 25.0 Å². The SMILES string of the molecule is O=C(Nc1cccc(-c2nc3ccccc3[nH]2)c1)c1cc([N+](=O)[O-])cc([N+](=O)[O-])c1. The monoisotopic (exact) mass is 403 g/mol. The highest BCUT2D eigenvalue weighted by molar-refractivity contribution is 6.05. The molecule has 1 heterocycles. The number of H-pyrrole nitrogens is 1. The molecule has 148 valence electrons. The maximum atomic E-state index is 12.6. The fourth-order valence-electron chi connectivity index (χ4n) is 2.97. The van der Waals surface area contributed by atoms with Crippen molar-refractivity contribution in [2.75, 3.05) is 5.32 Å². The number of nitrogens with zero attached hydrogens (tertiary/aromatic N) is 3. The summed E-state index contributed by atoms with van der Waals surface area (Å²) in [4.78, 5) is 40.7. The van der Waals surface area contributed by atoms with Gasteiger partial charge in [0.1, 0.15) is 5.82 Å². The van der Waals surface area contributed by atoms with E-state index in [1.807, 2.05) is 30.3 Å². The molecule has 4 rings (SSSR count). The maximum absolute atomic E-state index is 12.6. The molecule has 10 nitrogen and oxygen atoms in total. The Hall–Kier alpha value is -4.60. The molecule has 4 aromatic rings. The van der Waals surface area contributed by atoms with Crippen molar-refractivity contribution in [3.05, 3.63) is 92.5 Å². The Balaban J connectivity index is 1.63. The molecular weight excluding hydrogens is 390 g/mol. The van der Waals surface area contributed by atoms with Crippen molar-refractivity contribution in [2.45, 2.75) is 0 Å². The van der Waals surface area contributed by atoms with Crippen molar-refractivity contribution in [1.29, 1.82) is 0 Å². The second-order valence-electron chi connectivity index (χ2n) is 6.39. The van der Waals surface area contributed by atoms with E-state index in [1.165, 1.54) is 0 Å². The van der Waals surface area contributed by atoms with Crippen molar-refractivity contribution < 1.29 is 14.6 Å². The van der Waals surface area contributed by atoms with Crippen molar-refractivity contribution >= 4 is 34.0 Å². The lowest BCUT2D eigenvalue weighted by atomic mass is 10.1. The quantitative estimate of drug-likeness (QED) is 0.375. The minimum absolute atomic E-state index is 0.190. The molecule has 10 heteroatoms. The standard InChI is InChI=1S/C20H13N5O5/c26-20(13-9-15(24(27)28)11-16(10-13)25(29)30)21-14-5-3-4-12(8-14)19-22-17-6-1-2-7-18(17)23-19/h1-11H,(H,21,26)(H,22,23). The minimum Gasteiger partial charge on any atom is -0.338 e. The predicted molar refractivity (Wildman–Crippen MR) is 109 cm³/mol. The second-order valence-corrected chi connectivity index (χ2v) is 6.39. The van der Waals surface area contributed by atoms with Crippen LogP contribution in [0.15, 0.2) is 66.7 Å². The number of rotatable bonds is 5. The van der Waals surface area contributed by atoms with Gasteiger partial charge in [-0.15, -0.1) is 0 Å². The molecule has 1 aromatic heterocycles. The summed E-state index contributed by atoms with van der Waals surface area (Å²) in [6, 6.07) is 17.2. The summed E-state index contributed by atoms with van der Waals surface area (Å²) in [7, 11) is 0. The van der Waals surface area contributed by atoms with Gasteiger partial charge in [-0.25, -0.2) is 4.98 Å². The first-order valence-corrected chi connectivity index (χ1v) is 8.71. The van der Waals surface area contributed by atoms with Crippen LogP contribution in [0.1, 0.15) is 10.4 Å². The van der Waals surface area contributed by atoms with Gasteiger partial charge in [-0.05, 0) is 24.3 Å². The Labute approximate surface area is 168 Å². The lowest BCUT2D eigenvalue weighted by molar-refractivity contribution is -0.394. The molecule has 0 fully saturated rings. The second kappa shape index (κ2) is 7.43. The van der Waals surface area contributed by atoms with Crippen LogP contribution in [0.3, 0.4) is 0 Å². The number of carbonyl (C=O) groups is 1. The topological polar surface area (TPSA) is 144 Å². The number of fused-ring (bicyclic) bond motifs is 1. The molecule has 3 aromatic carbocycles. The Morgan fingerprint density at radius 2 is 1.60 bits per heavy atom. The third-order valence-corrected chi connectivity index (χ3v) is 4.37. The fraction of sp³-hybridized carbons (Fsp3) is 0. The van der Waals surface area contributed by atoms with Crippen molar-refractivity contribution in [2.24, 2.45) is 0 Å². The van der Waals surface area contributed by atoms with Gasteiger partial charge in [0.25, 0.3) is 17.3 Å². The predicted octanol–water partition coefficient (Wildman–Crippen LogP) is 4.30. The van der Waals surface area contributed by atoms with Crippen LogP contribution >= 0.6 is 0 Å². The Morgan fingerprint density at radius 1 is 0.900 bits per heavy atom. The number of hydrogen-bond donors (Lipinski definition) is 2. The molecule has 0 unspecified atom stereocenters. The highest BCUT2D eigenvalue weighted by atomic mass is 16.6. The summed E-state index contributed by atoms with van der Waals surface area (Å²) in [5.41, 5.74) is 1.53. The third-order valence-electron chi connectivity index (χ3n) is 4.37. The molecule has 0 aliphatic carbocycles. The zero-order valence-electron chi connectivity index (χ0n) is 15.2. The van der Waals surface area contributed by atoms with Crippen LogP contribution in [0, 0.1) is 20.2 Å². The first kappa shape index (κ1) is 18.7. The smallest absolute Gasteiger partial charge is 0.277 e. The molecular formula is C20H13N5O5. The van der Waals surface area contributed by atoms with Gasteiger partial charge < -0.3 is 10.3 Å². The molecule has 0 aliphatic heterocycles. The molecule has 0 radical (unpaired) electrons. The Morgan fingerprint density at radius 3 is 2.27 bits per heavy atom. The number of carbonyl (C=O) groups excluding carboxylic acids is 1. The first-order chi connectivity index (χ1) is 14.4. The van der Waals surface area contributed by atoms with E-state index in [1.54, 1.807) is 18.2 Å². The number of imidazole rings is 1. The number of non-ortho nitro benzene ring substituents is 2. The molecule has 0 atom stereocenters. The van der Waals surface area contributed by atoms with Gasteiger partial charge in [0.05, 0.1) is 32.5 Å². The Kier molecular flexibility index (Phi) is 4.64. The number of benzene rings is 3. The van der Waals surface area contributed by atoms with Crippen LogP contribution in [0.25, 0.3) is 22.4 Å². The van der Waals surface area contributed by atoms with Crippen molar-refractivity contribution in [1.82, 2.24) is 9.97 Å². The maximum Gasteiger partial charge on any atom is 0.277 e. The van der Waals surface area contributed by atoms with E-state index < -0.39 is 27.1 Å². The van der Waals surface area contributed by atoms with Gasteiger partial charge in [0.2, 0.25) is 0 Å². The van der Waals surface area contributed by atoms with Gasteiger partial charge >= 0.3 is 0 Å². The van der Waals surface area contributed by atoms with Crippen LogP contribution in [0.5, 0.6) is 0 Å². The molecule has 2 N–H and O–H groups in total. The average Bonchev–Trinajstić information content (AvgIpc) is 3.18. The van der Waals surface area contributed by atoms with Crippen molar-refractivity contribution in [3.63, 3.8) is 0 Å². The highest BCUT2D eigenvalue weighted by Crippen LogP contribution is 2.25. The lowest BCUT2D eigenvalue weighted by Gasteiger charge is -2.07. The number of nitro groups is 2. The van der Waals surface area contributed by atoms with Gasteiger partial charge in [-0.1, -0.05) is 24.3 Å². The van der Waals surface area contributed by atoms with E-state index in [2.05, 4.69) is 15.3 Å². The van der Waals surface area contributed by atoms with Gasteiger partial charge in [-0.3, -0.25) is 25.0 Å². The average molecular weight is 403 g/mol. The summed E-state index contributed by atoms with van der Waals surface area (Å²) in [6.45, 7) is 0. The molecule has 0 saturated heterocycles. The van der Waals surface area contributed by atoms with Crippen molar-refractivity contribution in [3.8, 4) is 11.4 Å². The number of aromatic nitrogens is 2. The fourth-order valence-corrected chi connectivity index (χ4v) is 2.97. The summed E-state index contributed by atoms with van der Waals surface area (Å²) >= 11 is 0. The Bertz CT molecular complexity index is 1250. The molecule has 0 spiro atoms. The first-order valence-electron chi connectivity index (χ1n) is 8.71. The van der Waals surface area contributed by atoms with Crippen LogP contribution in [0.2, 0.25) is 0 Å². The number of hydrogen-bond acceptors (Lipinski definition) is 6. The largest absolute Gasteiger partial charge is 0.338 e. The van der Waals surface area contributed by atoms with E-state index in [0.717, 1.165) is 29.2 Å². The third kappa shape index (κ3) is 3.69. The zero-order chi connectivity index (χ0) is 21.3. The molecule has 0 saturated carbocycles. The van der Waals surface area contributed by atoms with E-state index in [-0.39, 0.29) is 5.56 Å². The molecule has 30 heavy (non-hydrogen) atoms. The normalized spacial score (nSPS) is 10.7. The van der Waals surface area contributed by atoms with Gasteiger partial charge in [-0.2, -0.15) is 0 Å². The summed E-state index contributed by atoms with van der Waals surface area (Å²) in [6.07, 6.45) is 0. The zero-order valence-corrected chi connectivity index (χ0v) is 15.2. The summed E-state index contributed by atoms with van der Waals surface area (Å²) in [5, 5.41) is 24.7. The van der Waals surface area contributed by atoms with E-state index in [0.29, 0.717) is 17.1 Å². The van der Waals surface area contributed by atoms with Gasteiger partial charge in [0, 0.05) is 23.4 Å². The van der Waals surface area contributed by atoms with Crippen LogP contribution in [-0.2, 0) is 0 Å². The van der Waals surface area contributed by atoms with Gasteiger partial charge in [0.15, 0.2) is 0 Å². The van der Waals surface area contributed by atoms with E-state index >= 15 is 0 Å². The van der Waals surface area contributed by atoms with Crippen LogP contribution in [0.4, 0.5) is 17.1 Å². The summed E-state index contributed by atoms with van der Waals surface area (Å²) in [5.74, 6) is -0.0955.